The van der Waals surface area contributed by atoms with Crippen molar-refractivity contribution in [3.63, 3.8) is 0 Å². The fourth-order valence-electron chi connectivity index (χ4n) is 2.75. The summed E-state index contributed by atoms with van der Waals surface area (Å²) < 4.78 is 26.1. The van der Waals surface area contributed by atoms with Gasteiger partial charge < -0.3 is 10.2 Å². The lowest BCUT2D eigenvalue weighted by Gasteiger charge is -2.31. The zero-order valence-electron chi connectivity index (χ0n) is 12.3. The summed E-state index contributed by atoms with van der Waals surface area (Å²) in [6, 6.07) is 4.18. The van der Waals surface area contributed by atoms with E-state index in [1.165, 1.54) is 38.1 Å². The number of hydrogen-bond donors (Lipinski definition) is 1. The summed E-state index contributed by atoms with van der Waals surface area (Å²) in [7, 11) is 0. The lowest BCUT2D eigenvalue weighted by molar-refractivity contribution is 0.188. The predicted octanol–water partition coefficient (Wildman–Crippen LogP) is 3.35. The Kier molecular flexibility index (Phi) is 5.49. The molecule has 20 heavy (non-hydrogen) atoms. The Morgan fingerprint density at radius 2 is 1.95 bits per heavy atom. The topological polar surface area (TPSA) is 15.3 Å². The summed E-state index contributed by atoms with van der Waals surface area (Å²) in [6.45, 7) is 8.60. The van der Waals surface area contributed by atoms with Crippen LogP contribution in [0.1, 0.15) is 38.3 Å². The van der Waals surface area contributed by atoms with Gasteiger partial charge in [0, 0.05) is 6.04 Å². The molecule has 1 aliphatic heterocycles. The van der Waals surface area contributed by atoms with Gasteiger partial charge in [-0.05, 0) is 69.6 Å². The van der Waals surface area contributed by atoms with Gasteiger partial charge >= 0.3 is 0 Å². The van der Waals surface area contributed by atoms with Gasteiger partial charge in [-0.25, -0.2) is 8.78 Å². The van der Waals surface area contributed by atoms with Crippen molar-refractivity contribution in [3.05, 3.63) is 35.4 Å². The van der Waals surface area contributed by atoms with Crippen LogP contribution in [0.25, 0.3) is 0 Å². The first kappa shape index (κ1) is 15.4. The van der Waals surface area contributed by atoms with Crippen molar-refractivity contribution in [3.8, 4) is 0 Å². The second kappa shape index (κ2) is 7.14. The van der Waals surface area contributed by atoms with Gasteiger partial charge in [-0.2, -0.15) is 0 Å². The molecule has 0 saturated carbocycles. The molecule has 1 unspecified atom stereocenters. The lowest BCUT2D eigenvalue weighted by atomic mass is 9.96. The van der Waals surface area contributed by atoms with Gasteiger partial charge in [0.2, 0.25) is 0 Å². The Labute approximate surface area is 120 Å². The van der Waals surface area contributed by atoms with E-state index in [-0.39, 0.29) is 6.04 Å². The first-order chi connectivity index (χ1) is 9.60. The van der Waals surface area contributed by atoms with Crippen molar-refractivity contribution in [1.82, 2.24) is 10.2 Å². The maximum atomic E-state index is 13.2. The maximum Gasteiger partial charge on any atom is 0.159 e. The van der Waals surface area contributed by atoms with E-state index in [2.05, 4.69) is 17.1 Å². The van der Waals surface area contributed by atoms with E-state index < -0.39 is 11.6 Å². The van der Waals surface area contributed by atoms with Crippen molar-refractivity contribution < 1.29 is 8.78 Å². The number of rotatable bonds is 5. The van der Waals surface area contributed by atoms with Gasteiger partial charge in [-0.1, -0.05) is 13.0 Å². The van der Waals surface area contributed by atoms with Gasteiger partial charge in [0.05, 0.1) is 0 Å². The molecule has 0 aromatic heterocycles. The zero-order valence-corrected chi connectivity index (χ0v) is 12.3. The van der Waals surface area contributed by atoms with Crippen LogP contribution in [0.2, 0.25) is 0 Å². The Balaban J connectivity index is 1.80. The van der Waals surface area contributed by atoms with Gasteiger partial charge in [-0.15, -0.1) is 0 Å². The molecule has 0 spiro atoms. The van der Waals surface area contributed by atoms with Gasteiger partial charge in [0.15, 0.2) is 11.6 Å². The number of hydrogen-bond acceptors (Lipinski definition) is 2. The highest BCUT2D eigenvalue weighted by atomic mass is 19.2. The smallest absolute Gasteiger partial charge is 0.159 e. The fourth-order valence-corrected chi connectivity index (χ4v) is 2.75. The van der Waals surface area contributed by atoms with Crippen LogP contribution in [0.4, 0.5) is 8.78 Å². The molecule has 112 valence electrons. The second-order valence-corrected chi connectivity index (χ2v) is 5.68. The van der Waals surface area contributed by atoms with E-state index in [1.807, 2.05) is 6.92 Å². The molecule has 0 radical (unpaired) electrons. The highest BCUT2D eigenvalue weighted by Crippen LogP contribution is 2.19. The molecule has 1 atom stereocenters. The van der Waals surface area contributed by atoms with Crippen LogP contribution >= 0.6 is 0 Å². The highest BCUT2D eigenvalue weighted by Gasteiger charge is 2.18. The van der Waals surface area contributed by atoms with Crippen molar-refractivity contribution >= 4 is 0 Å². The molecule has 0 aliphatic carbocycles. The average Bonchev–Trinajstić information content (AvgIpc) is 2.48. The monoisotopic (exact) mass is 282 g/mol. The molecule has 1 fully saturated rings. The quantitative estimate of drug-likeness (QED) is 0.891. The van der Waals surface area contributed by atoms with Gasteiger partial charge in [0.1, 0.15) is 0 Å². The summed E-state index contributed by atoms with van der Waals surface area (Å²) in [5.74, 6) is -0.870. The van der Waals surface area contributed by atoms with Crippen molar-refractivity contribution in [2.75, 3.05) is 26.2 Å². The third-order valence-electron chi connectivity index (χ3n) is 4.31. The molecule has 1 N–H and O–H groups in total. The van der Waals surface area contributed by atoms with E-state index in [1.54, 1.807) is 6.07 Å². The first-order valence-corrected chi connectivity index (χ1v) is 7.50. The molecule has 0 amide bonds. The van der Waals surface area contributed by atoms with E-state index in [4.69, 9.17) is 0 Å². The van der Waals surface area contributed by atoms with Gasteiger partial charge in [0.25, 0.3) is 0 Å². The van der Waals surface area contributed by atoms with E-state index in [9.17, 15) is 8.78 Å². The predicted molar refractivity (Wildman–Crippen MR) is 77.6 cm³/mol. The third-order valence-corrected chi connectivity index (χ3v) is 4.31. The Hall–Kier alpha value is -1.00. The third kappa shape index (κ3) is 4.00. The minimum atomic E-state index is -0.784. The number of benzene rings is 1. The second-order valence-electron chi connectivity index (χ2n) is 5.68. The molecule has 4 heteroatoms. The fraction of sp³-hybridized carbons (Fsp3) is 0.625. The molecule has 0 bridgehead atoms. The summed E-state index contributed by atoms with van der Waals surface area (Å²) >= 11 is 0. The standard InChI is InChI=1S/C16H24F2N2/c1-3-20-8-6-13(7-9-20)11-19-12(2)14-4-5-15(17)16(18)10-14/h4-5,10,12-13,19H,3,6-9,11H2,1-2H3. The van der Waals surface area contributed by atoms with Crippen molar-refractivity contribution in [1.29, 1.82) is 0 Å². The number of likely N-dealkylation sites (tertiary alicyclic amines) is 1. The van der Waals surface area contributed by atoms with Crippen LogP contribution in [0.5, 0.6) is 0 Å². The molecule has 1 aromatic carbocycles. The van der Waals surface area contributed by atoms with Crippen LogP contribution in [0.15, 0.2) is 18.2 Å². The zero-order chi connectivity index (χ0) is 14.5. The highest BCUT2D eigenvalue weighted by molar-refractivity contribution is 5.20. The van der Waals surface area contributed by atoms with Crippen molar-refractivity contribution in [2.24, 2.45) is 5.92 Å². The molecule has 1 heterocycles. The molecule has 2 rings (SSSR count). The van der Waals surface area contributed by atoms with E-state index in [0.717, 1.165) is 18.7 Å². The van der Waals surface area contributed by atoms with Crippen LogP contribution < -0.4 is 5.32 Å². The summed E-state index contributed by atoms with van der Waals surface area (Å²) in [5.41, 5.74) is 0.801. The number of halogens is 2. The lowest BCUT2D eigenvalue weighted by Crippen LogP contribution is -2.37. The number of piperidine rings is 1. The van der Waals surface area contributed by atoms with Crippen LogP contribution in [-0.4, -0.2) is 31.1 Å². The minimum absolute atomic E-state index is 0.0503. The summed E-state index contributed by atoms with van der Waals surface area (Å²) in [6.07, 6.45) is 2.43. The molecule has 1 saturated heterocycles. The van der Waals surface area contributed by atoms with Crippen molar-refractivity contribution in [2.45, 2.75) is 32.7 Å². The van der Waals surface area contributed by atoms with Crippen LogP contribution in [0.3, 0.4) is 0 Å². The summed E-state index contributed by atoms with van der Waals surface area (Å²) in [4.78, 5) is 2.47. The van der Waals surface area contributed by atoms with Gasteiger partial charge in [-0.3, -0.25) is 0 Å². The largest absolute Gasteiger partial charge is 0.310 e. The van der Waals surface area contributed by atoms with Crippen LogP contribution in [-0.2, 0) is 0 Å². The SMILES string of the molecule is CCN1CCC(CNC(C)c2ccc(F)c(F)c2)CC1. The Morgan fingerprint density at radius 3 is 2.55 bits per heavy atom. The molecule has 1 aromatic rings. The Bertz CT molecular complexity index is 428. The normalized spacial score (nSPS) is 19.2. The molecule has 1 aliphatic rings. The number of nitrogens with zero attached hydrogens (tertiary/aromatic N) is 1. The molecular weight excluding hydrogens is 258 g/mol. The summed E-state index contributed by atoms with van der Waals surface area (Å²) in [5, 5.41) is 3.44. The Morgan fingerprint density at radius 1 is 1.25 bits per heavy atom. The van der Waals surface area contributed by atoms with E-state index in [0.29, 0.717) is 5.92 Å². The molecule has 2 nitrogen and oxygen atoms in total. The number of nitrogens with one attached hydrogen (secondary N) is 1. The van der Waals surface area contributed by atoms with Crippen LogP contribution in [0, 0.1) is 17.6 Å². The maximum absolute atomic E-state index is 13.2. The minimum Gasteiger partial charge on any atom is -0.310 e. The van der Waals surface area contributed by atoms with E-state index >= 15 is 0 Å². The molecular formula is C16H24F2N2. The average molecular weight is 282 g/mol. The first-order valence-electron chi connectivity index (χ1n) is 7.50.